The molecule has 1 aromatic carbocycles. The zero-order valence-corrected chi connectivity index (χ0v) is 35.2. The first kappa shape index (κ1) is 47.5. The molecule has 0 spiro atoms. The molecule has 1 saturated heterocycles. The molecule has 2 rings (SSSR count). The summed E-state index contributed by atoms with van der Waals surface area (Å²) in [5, 5.41) is 18.5. The highest BCUT2D eigenvalue weighted by molar-refractivity contribution is 5.90. The van der Waals surface area contributed by atoms with Gasteiger partial charge in [0, 0.05) is 33.7 Å². The third-order valence-corrected chi connectivity index (χ3v) is 11.6. The van der Waals surface area contributed by atoms with E-state index in [1.165, 1.54) is 32.4 Å². The molecule has 1 heterocycles. The molecule has 14 heteroatoms. The fourth-order valence-corrected chi connectivity index (χ4v) is 7.95. The van der Waals surface area contributed by atoms with E-state index in [2.05, 4.69) is 16.0 Å². The number of nitrogens with zero attached hydrogens (tertiary/aromatic N) is 2. The average Bonchev–Trinajstić information content (AvgIpc) is 3.42. The van der Waals surface area contributed by atoms with Crippen molar-refractivity contribution in [1.29, 1.82) is 0 Å². The fourth-order valence-electron chi connectivity index (χ4n) is 7.95. The maximum absolute atomic E-state index is 14.5. The van der Waals surface area contributed by atoms with Gasteiger partial charge in [-0.05, 0) is 55.7 Å². The fraction of sp³-hybridized carbons (Fsp3) is 0.732. The quantitative estimate of drug-likeness (QED) is 0.145. The maximum Gasteiger partial charge on any atom is 0.326 e. The monoisotopic (exact) mass is 778 g/mol. The Morgan fingerprint density at radius 3 is 2.04 bits per heavy atom. The summed E-state index contributed by atoms with van der Waals surface area (Å²) in [5.74, 6) is -4.36. The van der Waals surface area contributed by atoms with E-state index in [0.29, 0.717) is 12.8 Å². The first-order chi connectivity index (χ1) is 25.8. The van der Waals surface area contributed by atoms with E-state index >= 15 is 0 Å². The zero-order chi connectivity index (χ0) is 41.9. The number of halogens is 1. The smallest absolute Gasteiger partial charge is 0.326 e. The number of carbonyl (C=O) groups excluding carboxylic acids is 4. The number of likely N-dealkylation sites (tertiary alicyclic amines) is 1. The van der Waals surface area contributed by atoms with Gasteiger partial charge in [0.15, 0.2) is 0 Å². The second-order valence-electron chi connectivity index (χ2n) is 16.1. The molecule has 4 N–H and O–H groups in total. The lowest BCUT2D eigenvalue weighted by atomic mass is 9.89. The molecule has 0 radical (unpaired) electrons. The Kier molecular flexibility index (Phi) is 18.7. The highest BCUT2D eigenvalue weighted by atomic mass is 19.1. The zero-order valence-electron chi connectivity index (χ0n) is 35.2. The second-order valence-corrected chi connectivity index (χ2v) is 16.1. The highest BCUT2D eigenvalue weighted by Gasteiger charge is 2.47. The number of hydrogen-bond donors (Lipinski definition) is 4. The molecule has 0 bridgehead atoms. The van der Waals surface area contributed by atoms with Crippen LogP contribution in [0.2, 0.25) is 0 Å². The number of likely N-dealkylation sites (N-methyl/N-ethyl adjacent to an activating group) is 2. The Balaban J connectivity index is 2.37. The number of amides is 4. The molecular formula is C41H68FN5O8. The molecule has 0 saturated carbocycles. The summed E-state index contributed by atoms with van der Waals surface area (Å²) in [4.78, 5) is 71.0. The number of methoxy groups -OCH3 is 2. The van der Waals surface area contributed by atoms with Gasteiger partial charge in [0.05, 0.1) is 42.7 Å². The van der Waals surface area contributed by atoms with Gasteiger partial charge in [-0.15, -0.1) is 0 Å². The number of ether oxygens (including phenoxy) is 2. The summed E-state index contributed by atoms with van der Waals surface area (Å²) in [6, 6.07) is 1.88. The first-order valence-corrected chi connectivity index (χ1v) is 19.6. The van der Waals surface area contributed by atoms with Crippen molar-refractivity contribution in [2.45, 2.75) is 136 Å². The van der Waals surface area contributed by atoms with Crippen LogP contribution >= 0.6 is 0 Å². The summed E-state index contributed by atoms with van der Waals surface area (Å²) in [7, 11) is 6.38. The third-order valence-electron chi connectivity index (χ3n) is 11.6. The van der Waals surface area contributed by atoms with Gasteiger partial charge in [-0.3, -0.25) is 19.2 Å². The number of nitrogens with one attached hydrogen (secondary N) is 3. The predicted molar refractivity (Wildman–Crippen MR) is 209 cm³/mol. The number of hydrogen-bond acceptors (Lipinski definition) is 8. The Morgan fingerprint density at radius 2 is 1.55 bits per heavy atom. The van der Waals surface area contributed by atoms with Gasteiger partial charge < -0.3 is 40.3 Å². The van der Waals surface area contributed by atoms with Crippen LogP contribution in [0, 0.1) is 35.4 Å². The van der Waals surface area contributed by atoms with Gasteiger partial charge in [0.1, 0.15) is 17.9 Å². The van der Waals surface area contributed by atoms with Crippen molar-refractivity contribution in [2.75, 3.05) is 28.3 Å². The molecule has 1 aromatic rings. The Morgan fingerprint density at radius 1 is 0.945 bits per heavy atom. The van der Waals surface area contributed by atoms with Crippen LogP contribution < -0.4 is 16.0 Å². The Labute approximate surface area is 327 Å². The van der Waals surface area contributed by atoms with Gasteiger partial charge in [-0.2, -0.15) is 0 Å². The summed E-state index contributed by atoms with van der Waals surface area (Å²) < 4.78 is 26.3. The molecule has 0 aromatic heterocycles. The van der Waals surface area contributed by atoms with Crippen LogP contribution in [-0.4, -0.2) is 121 Å². The number of benzene rings is 1. The van der Waals surface area contributed by atoms with Crippen LogP contribution in [0.5, 0.6) is 0 Å². The van der Waals surface area contributed by atoms with Gasteiger partial charge in [-0.25, -0.2) is 9.18 Å². The summed E-state index contributed by atoms with van der Waals surface area (Å²) in [6.45, 7) is 17.2. The normalized spacial score (nSPS) is 21.6. The van der Waals surface area contributed by atoms with E-state index in [1.807, 2.05) is 55.4 Å². The van der Waals surface area contributed by atoms with Crippen molar-refractivity contribution in [3.05, 3.63) is 35.6 Å². The number of carboxylic acid groups (broad SMARTS) is 1. The van der Waals surface area contributed by atoms with Crippen LogP contribution in [0.4, 0.5) is 4.39 Å². The van der Waals surface area contributed by atoms with Crippen molar-refractivity contribution >= 4 is 29.6 Å². The van der Waals surface area contributed by atoms with Crippen LogP contribution in [0.15, 0.2) is 24.3 Å². The van der Waals surface area contributed by atoms with Crippen molar-refractivity contribution < 1.29 is 42.9 Å². The molecule has 55 heavy (non-hydrogen) atoms. The lowest BCUT2D eigenvalue weighted by molar-refractivity contribution is -0.149. The number of aliphatic carboxylic acids is 1. The van der Waals surface area contributed by atoms with Gasteiger partial charge in [-0.1, -0.05) is 80.0 Å². The average molecular weight is 778 g/mol. The van der Waals surface area contributed by atoms with Crippen LogP contribution in [0.1, 0.15) is 87.1 Å². The van der Waals surface area contributed by atoms with Crippen molar-refractivity contribution in [1.82, 2.24) is 25.8 Å². The molecule has 0 aliphatic carbocycles. The minimum absolute atomic E-state index is 0.00391. The van der Waals surface area contributed by atoms with E-state index in [9.17, 15) is 33.5 Å². The minimum atomic E-state index is -1.38. The number of rotatable bonds is 21. The molecule has 4 amide bonds. The number of carboxylic acids is 1. The van der Waals surface area contributed by atoms with E-state index in [1.54, 1.807) is 36.9 Å². The minimum Gasteiger partial charge on any atom is -0.480 e. The standard InChI is InChI=1S/C41H68FN5O8/c1-14-24(6)36(46(11)40(51)35(23(4)5)45-39(50)34(43-10)22(2)3)32(54-12)21-33(48)47-27(9)25(7)19-31(47)37(55-13)26(8)38(49)44-30(41(52)53)20-28-17-15-16-18-29(28)42/h15-18,22-27,30-32,34-37,43H,14,19-21H2,1-13H3,(H,44,49)(H,45,50)(H,52,53)/t24-,25-,26+,27?,30-,31-,32?,34?,35-,36-,37+/m0/s1. The molecule has 11 atom stereocenters. The van der Waals surface area contributed by atoms with Crippen LogP contribution in [0.25, 0.3) is 0 Å². The molecule has 1 fully saturated rings. The SMILES string of the molecule is CC[C@H](C)[C@@H](C(CC(=O)N1C(C)[C@@H](C)C[C@H]1[C@H](OC)[C@@H](C)C(=O)N[C@@H](Cc1ccccc1F)C(=O)O)OC)N(C)C(=O)[C@@H](NC(=O)C(NC)C(C)C)C(C)C. The van der Waals surface area contributed by atoms with E-state index in [0.717, 1.165) is 0 Å². The highest BCUT2D eigenvalue weighted by Crippen LogP contribution is 2.36. The first-order valence-electron chi connectivity index (χ1n) is 19.6. The third kappa shape index (κ3) is 11.9. The van der Waals surface area contributed by atoms with Crippen LogP contribution in [-0.2, 0) is 39.9 Å². The summed E-state index contributed by atoms with van der Waals surface area (Å²) >= 11 is 0. The lowest BCUT2D eigenvalue weighted by Gasteiger charge is -2.41. The Hall–Kier alpha value is -3.62. The van der Waals surface area contributed by atoms with Gasteiger partial charge in [0.25, 0.3) is 0 Å². The van der Waals surface area contributed by atoms with Crippen molar-refractivity contribution in [2.24, 2.45) is 29.6 Å². The predicted octanol–water partition coefficient (Wildman–Crippen LogP) is 3.88. The second kappa shape index (κ2) is 21.6. The molecular weight excluding hydrogens is 709 g/mol. The molecule has 1 aliphatic heterocycles. The number of carbonyl (C=O) groups is 5. The lowest BCUT2D eigenvalue weighted by Crippen LogP contribution is -2.60. The van der Waals surface area contributed by atoms with Crippen LogP contribution in [0.3, 0.4) is 0 Å². The van der Waals surface area contributed by atoms with Crippen molar-refractivity contribution in [3.63, 3.8) is 0 Å². The maximum atomic E-state index is 14.5. The summed E-state index contributed by atoms with van der Waals surface area (Å²) in [5.41, 5.74) is 0.162. The largest absolute Gasteiger partial charge is 0.480 e. The van der Waals surface area contributed by atoms with Gasteiger partial charge >= 0.3 is 5.97 Å². The summed E-state index contributed by atoms with van der Waals surface area (Å²) in [6.07, 6.45) is -0.586. The van der Waals surface area contributed by atoms with E-state index in [-0.39, 0.29) is 65.8 Å². The molecule has 3 unspecified atom stereocenters. The van der Waals surface area contributed by atoms with Gasteiger partial charge in [0.2, 0.25) is 23.6 Å². The van der Waals surface area contributed by atoms with E-state index < -0.39 is 66.0 Å². The topological polar surface area (TPSA) is 167 Å². The van der Waals surface area contributed by atoms with E-state index in [4.69, 9.17) is 9.47 Å². The molecule has 13 nitrogen and oxygen atoms in total. The molecule has 312 valence electrons. The molecule has 1 aliphatic rings. The van der Waals surface area contributed by atoms with Crippen molar-refractivity contribution in [3.8, 4) is 0 Å². The Bertz CT molecular complexity index is 1440.